The van der Waals surface area contributed by atoms with E-state index in [1.165, 1.54) is 23.1 Å². The van der Waals surface area contributed by atoms with Crippen molar-refractivity contribution in [1.82, 2.24) is 10.2 Å². The number of amides is 1. The maximum Gasteiger partial charge on any atom is 0.319 e. The Hall–Kier alpha value is -1.93. The fourth-order valence-corrected chi connectivity index (χ4v) is 3.63. The van der Waals surface area contributed by atoms with E-state index in [1.807, 2.05) is 13.0 Å². The highest BCUT2D eigenvalue weighted by Crippen LogP contribution is 2.31. The number of aromatic nitrogens is 2. The van der Waals surface area contributed by atoms with Crippen molar-refractivity contribution in [3.63, 3.8) is 0 Å². The summed E-state index contributed by atoms with van der Waals surface area (Å²) in [6, 6.07) is 8.87. The molecule has 1 amide bonds. The van der Waals surface area contributed by atoms with Crippen molar-refractivity contribution in [2.45, 2.75) is 29.9 Å². The summed E-state index contributed by atoms with van der Waals surface area (Å²) >= 11 is 2.54. The zero-order valence-electron chi connectivity index (χ0n) is 12.8. The monoisotopic (exact) mass is 351 g/mol. The van der Waals surface area contributed by atoms with Crippen LogP contribution >= 0.6 is 23.1 Å². The van der Waals surface area contributed by atoms with Gasteiger partial charge >= 0.3 is 5.97 Å². The minimum absolute atomic E-state index is 0.240. The van der Waals surface area contributed by atoms with Gasteiger partial charge in [0.1, 0.15) is 5.25 Å². The van der Waals surface area contributed by atoms with Gasteiger partial charge in [-0.05, 0) is 25.5 Å². The van der Waals surface area contributed by atoms with Crippen LogP contribution in [0.2, 0.25) is 0 Å². The molecule has 0 spiro atoms. The number of hydrogen-bond acceptors (Lipinski definition) is 7. The van der Waals surface area contributed by atoms with Crippen molar-refractivity contribution in [2.75, 3.05) is 11.9 Å². The average molecular weight is 351 g/mol. The summed E-state index contributed by atoms with van der Waals surface area (Å²) in [5.74, 6) is -0.499. The summed E-state index contributed by atoms with van der Waals surface area (Å²) in [6.07, 6.45) is 0.634. The highest BCUT2D eigenvalue weighted by atomic mass is 32.2. The fourth-order valence-electron chi connectivity index (χ4n) is 1.72. The highest BCUT2D eigenvalue weighted by Gasteiger charge is 2.21. The first-order valence-corrected chi connectivity index (χ1v) is 8.86. The van der Waals surface area contributed by atoms with Gasteiger partial charge in [-0.2, -0.15) is 0 Å². The van der Waals surface area contributed by atoms with Crippen molar-refractivity contribution < 1.29 is 14.3 Å². The van der Waals surface area contributed by atoms with E-state index in [0.717, 1.165) is 0 Å². The second kappa shape index (κ2) is 8.64. The lowest BCUT2D eigenvalue weighted by Crippen LogP contribution is -2.19. The molecule has 0 aliphatic heterocycles. The molecule has 6 nitrogen and oxygen atoms in total. The number of esters is 1. The summed E-state index contributed by atoms with van der Waals surface area (Å²) in [4.78, 5) is 23.8. The van der Waals surface area contributed by atoms with E-state index in [1.54, 1.807) is 31.2 Å². The normalized spacial score (nSPS) is 11.7. The first-order chi connectivity index (χ1) is 11.1. The van der Waals surface area contributed by atoms with E-state index in [4.69, 9.17) is 4.74 Å². The quantitative estimate of drug-likeness (QED) is 0.469. The molecule has 2 rings (SSSR count). The van der Waals surface area contributed by atoms with Gasteiger partial charge in [0, 0.05) is 5.56 Å². The summed E-state index contributed by atoms with van der Waals surface area (Å²) in [5, 5.41) is 10.7. The molecule has 1 aromatic carbocycles. The number of nitrogens with one attached hydrogen (secondary N) is 1. The Labute approximate surface area is 142 Å². The third kappa shape index (κ3) is 5.04. The molecule has 2 aromatic rings. The molecule has 0 aliphatic rings. The maximum absolute atomic E-state index is 12.0. The number of hydrogen-bond donors (Lipinski definition) is 1. The first kappa shape index (κ1) is 17.4. The molecule has 1 atom stereocenters. The van der Waals surface area contributed by atoms with Gasteiger partial charge in [-0.25, -0.2) is 0 Å². The molecular weight excluding hydrogens is 334 g/mol. The van der Waals surface area contributed by atoms with Crippen LogP contribution in [-0.2, 0) is 9.53 Å². The van der Waals surface area contributed by atoms with Gasteiger partial charge in [0.25, 0.3) is 5.91 Å². The lowest BCUT2D eigenvalue weighted by atomic mass is 10.2. The molecule has 0 aliphatic carbocycles. The van der Waals surface area contributed by atoms with E-state index >= 15 is 0 Å². The summed E-state index contributed by atoms with van der Waals surface area (Å²) in [7, 11) is 0. The van der Waals surface area contributed by atoms with E-state index in [0.29, 0.717) is 28.1 Å². The highest BCUT2D eigenvalue weighted by molar-refractivity contribution is 8.02. The van der Waals surface area contributed by atoms with Crippen LogP contribution in [0, 0.1) is 0 Å². The van der Waals surface area contributed by atoms with Crippen molar-refractivity contribution in [3.05, 3.63) is 35.9 Å². The first-order valence-electron chi connectivity index (χ1n) is 7.17. The number of anilines is 1. The number of benzene rings is 1. The Morgan fingerprint density at radius 2 is 2.00 bits per heavy atom. The Balaban J connectivity index is 1.97. The Kier molecular flexibility index (Phi) is 6.54. The van der Waals surface area contributed by atoms with Crippen LogP contribution in [0.5, 0.6) is 0 Å². The lowest BCUT2D eigenvalue weighted by Gasteiger charge is -2.10. The van der Waals surface area contributed by atoms with Crippen molar-refractivity contribution in [3.8, 4) is 0 Å². The zero-order chi connectivity index (χ0) is 16.7. The van der Waals surface area contributed by atoms with Crippen LogP contribution in [0.25, 0.3) is 0 Å². The number of rotatable bonds is 7. The number of carbonyl (C=O) groups excluding carboxylic acids is 2. The molecule has 8 heteroatoms. The molecule has 0 saturated heterocycles. The average Bonchev–Trinajstić information content (AvgIpc) is 3.00. The molecule has 1 N–H and O–H groups in total. The van der Waals surface area contributed by atoms with Crippen LogP contribution in [0.15, 0.2) is 34.7 Å². The Morgan fingerprint density at radius 1 is 1.26 bits per heavy atom. The summed E-state index contributed by atoms with van der Waals surface area (Å²) in [6.45, 7) is 4.04. The lowest BCUT2D eigenvalue weighted by molar-refractivity contribution is -0.142. The molecule has 0 bridgehead atoms. The molecule has 0 saturated carbocycles. The number of thioether (sulfide) groups is 1. The molecule has 122 valence electrons. The molecule has 23 heavy (non-hydrogen) atoms. The summed E-state index contributed by atoms with van der Waals surface area (Å²) < 4.78 is 5.64. The van der Waals surface area contributed by atoms with Crippen molar-refractivity contribution in [2.24, 2.45) is 0 Å². The fraction of sp³-hybridized carbons (Fsp3) is 0.333. The van der Waals surface area contributed by atoms with Gasteiger partial charge in [-0.15, -0.1) is 10.2 Å². The second-order valence-electron chi connectivity index (χ2n) is 4.46. The maximum atomic E-state index is 12.0. The number of ether oxygens (including phenoxy) is 1. The topological polar surface area (TPSA) is 81.2 Å². The predicted molar refractivity (Wildman–Crippen MR) is 90.9 cm³/mol. The van der Waals surface area contributed by atoms with Crippen molar-refractivity contribution in [1.29, 1.82) is 0 Å². The van der Waals surface area contributed by atoms with Crippen LogP contribution in [0.1, 0.15) is 30.6 Å². The summed E-state index contributed by atoms with van der Waals surface area (Å²) in [5.41, 5.74) is 0.551. The third-order valence-electron chi connectivity index (χ3n) is 2.83. The van der Waals surface area contributed by atoms with E-state index < -0.39 is 0 Å². The van der Waals surface area contributed by atoms with Crippen molar-refractivity contribution >= 4 is 40.1 Å². The van der Waals surface area contributed by atoms with E-state index in [-0.39, 0.29) is 17.1 Å². The molecular formula is C15H17N3O3S2. The smallest absolute Gasteiger partial charge is 0.319 e. The second-order valence-corrected chi connectivity index (χ2v) is 6.89. The molecule has 0 fully saturated rings. The molecule has 1 heterocycles. The predicted octanol–water partition coefficient (Wildman–Crippen LogP) is 3.22. The van der Waals surface area contributed by atoms with Gasteiger partial charge in [0.15, 0.2) is 4.34 Å². The number of nitrogens with zero attached hydrogens (tertiary/aromatic N) is 2. The minimum Gasteiger partial charge on any atom is -0.465 e. The van der Waals surface area contributed by atoms with Gasteiger partial charge in [-0.1, -0.05) is 48.2 Å². The van der Waals surface area contributed by atoms with Crippen LogP contribution in [0.3, 0.4) is 0 Å². The van der Waals surface area contributed by atoms with Crippen LogP contribution < -0.4 is 5.32 Å². The zero-order valence-corrected chi connectivity index (χ0v) is 14.4. The Bertz CT molecular complexity index is 661. The SMILES string of the molecule is CCOC(=O)[C@H](CC)Sc1nnc(NC(=O)c2ccccc2)s1. The van der Waals surface area contributed by atoms with Gasteiger partial charge in [0.2, 0.25) is 5.13 Å². The van der Waals surface area contributed by atoms with E-state index in [9.17, 15) is 9.59 Å². The van der Waals surface area contributed by atoms with Crippen LogP contribution in [-0.4, -0.2) is 33.9 Å². The van der Waals surface area contributed by atoms with Crippen LogP contribution in [0.4, 0.5) is 5.13 Å². The van der Waals surface area contributed by atoms with Gasteiger partial charge < -0.3 is 4.74 Å². The largest absolute Gasteiger partial charge is 0.465 e. The molecule has 0 unspecified atom stereocenters. The Morgan fingerprint density at radius 3 is 2.65 bits per heavy atom. The number of carbonyl (C=O) groups is 2. The third-order valence-corrected chi connectivity index (χ3v) is 5.09. The molecule has 0 radical (unpaired) electrons. The standard InChI is InChI=1S/C15H17N3O3S2/c1-3-11(13(20)21-4-2)22-15-18-17-14(23-15)16-12(19)10-8-6-5-7-9-10/h5-9,11H,3-4H2,1-2H3,(H,16,17,19)/t11-/m0/s1. The minimum atomic E-state index is -0.319. The molecule has 1 aromatic heterocycles. The van der Waals surface area contributed by atoms with Gasteiger partial charge in [-0.3, -0.25) is 14.9 Å². The van der Waals surface area contributed by atoms with E-state index in [2.05, 4.69) is 15.5 Å². The van der Waals surface area contributed by atoms with Gasteiger partial charge in [0.05, 0.1) is 6.61 Å².